The van der Waals surface area contributed by atoms with Crippen molar-refractivity contribution in [1.29, 1.82) is 0 Å². The van der Waals surface area contributed by atoms with Crippen LogP contribution in [0.4, 0.5) is 5.69 Å². The molecule has 4 nitrogen and oxygen atoms in total. The number of nitrogens with one attached hydrogen (secondary N) is 1. The lowest BCUT2D eigenvalue weighted by Crippen LogP contribution is -2.24. The number of nitrogens with zero attached hydrogens (tertiary/aromatic N) is 1. The van der Waals surface area contributed by atoms with Crippen LogP contribution >= 0.6 is 0 Å². The van der Waals surface area contributed by atoms with E-state index in [-0.39, 0.29) is 11.8 Å². The van der Waals surface area contributed by atoms with Crippen molar-refractivity contribution in [1.82, 2.24) is 4.90 Å². The van der Waals surface area contributed by atoms with Crippen LogP contribution in [0.2, 0.25) is 0 Å². The van der Waals surface area contributed by atoms with Crippen LogP contribution in [0.5, 0.6) is 0 Å². The Labute approximate surface area is 106 Å². The summed E-state index contributed by atoms with van der Waals surface area (Å²) < 4.78 is 0. The van der Waals surface area contributed by atoms with Gasteiger partial charge in [-0.2, -0.15) is 0 Å². The third-order valence-electron chi connectivity index (χ3n) is 3.13. The second-order valence-electron chi connectivity index (χ2n) is 4.39. The van der Waals surface area contributed by atoms with Gasteiger partial charge in [0, 0.05) is 19.3 Å². The van der Waals surface area contributed by atoms with E-state index in [1.807, 2.05) is 13.0 Å². The van der Waals surface area contributed by atoms with E-state index in [1.54, 1.807) is 12.1 Å². The smallest absolute Gasteiger partial charge is 0.261 e. The standard InChI is InChI=1S/C14H16N2O2/c1-4-9(2)8-15-10-5-6-11-12(7-10)14(18)16(3)13(11)17/h5-7,15H,2,4,8H2,1,3H3. The Morgan fingerprint density at radius 3 is 2.61 bits per heavy atom. The molecule has 0 saturated carbocycles. The number of carbonyl (C=O) groups is 2. The van der Waals surface area contributed by atoms with Gasteiger partial charge in [-0.15, -0.1) is 0 Å². The first-order chi connectivity index (χ1) is 8.54. The summed E-state index contributed by atoms with van der Waals surface area (Å²) in [4.78, 5) is 24.7. The van der Waals surface area contributed by atoms with Crippen molar-refractivity contribution in [3.63, 3.8) is 0 Å². The van der Waals surface area contributed by atoms with Gasteiger partial charge in [0.15, 0.2) is 0 Å². The van der Waals surface area contributed by atoms with E-state index in [1.165, 1.54) is 7.05 Å². The fraction of sp³-hybridized carbons (Fsp3) is 0.286. The van der Waals surface area contributed by atoms with Crippen LogP contribution in [0.15, 0.2) is 30.4 Å². The fourth-order valence-electron chi connectivity index (χ4n) is 1.82. The number of imide groups is 1. The second kappa shape index (κ2) is 4.64. The van der Waals surface area contributed by atoms with Gasteiger partial charge >= 0.3 is 0 Å². The number of amides is 2. The average Bonchev–Trinajstić information content (AvgIpc) is 2.61. The maximum absolute atomic E-state index is 11.8. The molecule has 0 spiro atoms. The maximum Gasteiger partial charge on any atom is 0.261 e. The number of hydrogen-bond donors (Lipinski definition) is 1. The molecule has 2 rings (SSSR count). The summed E-state index contributed by atoms with van der Waals surface area (Å²) in [6, 6.07) is 5.23. The van der Waals surface area contributed by atoms with Gasteiger partial charge in [-0.3, -0.25) is 14.5 Å². The Balaban J connectivity index is 2.21. The third kappa shape index (κ3) is 2.01. The lowest BCUT2D eigenvalue weighted by molar-refractivity contribution is 0.0693. The SMILES string of the molecule is C=C(CC)CNc1ccc2c(c1)C(=O)N(C)C2=O. The van der Waals surface area contributed by atoms with E-state index < -0.39 is 0 Å². The molecule has 1 N–H and O–H groups in total. The van der Waals surface area contributed by atoms with Gasteiger partial charge in [-0.05, 0) is 24.6 Å². The number of carbonyl (C=O) groups excluding carboxylic acids is 2. The molecule has 18 heavy (non-hydrogen) atoms. The van der Waals surface area contributed by atoms with Crippen molar-refractivity contribution >= 4 is 17.5 Å². The van der Waals surface area contributed by atoms with Gasteiger partial charge in [0.2, 0.25) is 0 Å². The van der Waals surface area contributed by atoms with Gasteiger partial charge < -0.3 is 5.32 Å². The Kier molecular flexibility index (Phi) is 3.19. The predicted molar refractivity (Wildman–Crippen MR) is 70.8 cm³/mol. The highest BCUT2D eigenvalue weighted by atomic mass is 16.2. The van der Waals surface area contributed by atoms with Gasteiger partial charge in [-0.25, -0.2) is 0 Å². The third-order valence-corrected chi connectivity index (χ3v) is 3.13. The molecule has 1 aromatic carbocycles. The zero-order valence-electron chi connectivity index (χ0n) is 10.6. The molecule has 1 aromatic rings. The monoisotopic (exact) mass is 244 g/mol. The summed E-state index contributed by atoms with van der Waals surface area (Å²) in [6.07, 6.45) is 0.915. The van der Waals surface area contributed by atoms with Crippen LogP contribution < -0.4 is 5.32 Å². The minimum Gasteiger partial charge on any atom is -0.381 e. The maximum atomic E-state index is 11.8. The van der Waals surface area contributed by atoms with Crippen molar-refractivity contribution in [3.05, 3.63) is 41.5 Å². The molecule has 0 saturated heterocycles. The van der Waals surface area contributed by atoms with Crippen LogP contribution in [0.25, 0.3) is 0 Å². The van der Waals surface area contributed by atoms with Gasteiger partial charge in [-0.1, -0.05) is 19.1 Å². The van der Waals surface area contributed by atoms with E-state index in [0.29, 0.717) is 17.7 Å². The molecule has 0 bridgehead atoms. The molecule has 0 radical (unpaired) electrons. The zero-order valence-corrected chi connectivity index (χ0v) is 10.6. The number of fused-ring (bicyclic) bond motifs is 1. The molecule has 94 valence electrons. The van der Waals surface area contributed by atoms with Crippen LogP contribution in [0, 0.1) is 0 Å². The summed E-state index contributed by atoms with van der Waals surface area (Å²) in [7, 11) is 1.50. The largest absolute Gasteiger partial charge is 0.381 e. The average molecular weight is 244 g/mol. The first kappa shape index (κ1) is 12.4. The molecule has 1 aliphatic heterocycles. The molecule has 0 aliphatic carbocycles. The van der Waals surface area contributed by atoms with Gasteiger partial charge in [0.25, 0.3) is 11.8 Å². The molecule has 4 heteroatoms. The quantitative estimate of drug-likeness (QED) is 0.653. The molecular weight excluding hydrogens is 228 g/mol. The van der Waals surface area contributed by atoms with Crippen LogP contribution in [0.3, 0.4) is 0 Å². The first-order valence-corrected chi connectivity index (χ1v) is 5.91. The van der Waals surface area contributed by atoms with Crippen LogP contribution in [-0.4, -0.2) is 30.3 Å². The van der Waals surface area contributed by atoms with Gasteiger partial charge in [0.1, 0.15) is 0 Å². The predicted octanol–water partition coefficient (Wildman–Crippen LogP) is 2.29. The van der Waals surface area contributed by atoms with Gasteiger partial charge in [0.05, 0.1) is 11.1 Å². The Bertz CT molecular complexity index is 535. The van der Waals surface area contributed by atoms with Crippen LogP contribution in [-0.2, 0) is 0 Å². The van der Waals surface area contributed by atoms with Crippen molar-refractivity contribution in [3.8, 4) is 0 Å². The molecule has 0 atom stereocenters. The Morgan fingerprint density at radius 2 is 1.94 bits per heavy atom. The Morgan fingerprint density at radius 1 is 1.28 bits per heavy atom. The normalized spacial score (nSPS) is 13.8. The molecule has 2 amide bonds. The number of hydrogen-bond acceptors (Lipinski definition) is 3. The van der Waals surface area contributed by atoms with E-state index in [2.05, 4.69) is 11.9 Å². The lowest BCUT2D eigenvalue weighted by atomic mass is 10.1. The molecule has 0 unspecified atom stereocenters. The van der Waals surface area contributed by atoms with Crippen molar-refractivity contribution in [2.45, 2.75) is 13.3 Å². The lowest BCUT2D eigenvalue weighted by Gasteiger charge is -2.08. The van der Waals surface area contributed by atoms with E-state index in [0.717, 1.165) is 22.6 Å². The summed E-state index contributed by atoms with van der Waals surface area (Å²) >= 11 is 0. The topological polar surface area (TPSA) is 49.4 Å². The molecule has 1 heterocycles. The molecule has 1 aliphatic rings. The summed E-state index contributed by atoms with van der Waals surface area (Å²) in [5, 5.41) is 3.19. The number of benzene rings is 1. The molecule has 0 fully saturated rings. The summed E-state index contributed by atoms with van der Waals surface area (Å²) in [5.41, 5.74) is 2.87. The first-order valence-electron chi connectivity index (χ1n) is 5.91. The summed E-state index contributed by atoms with van der Waals surface area (Å²) in [5.74, 6) is -0.479. The van der Waals surface area contributed by atoms with Crippen LogP contribution in [0.1, 0.15) is 34.1 Å². The van der Waals surface area contributed by atoms with E-state index in [9.17, 15) is 9.59 Å². The van der Waals surface area contributed by atoms with E-state index >= 15 is 0 Å². The zero-order chi connectivity index (χ0) is 13.3. The van der Waals surface area contributed by atoms with Crippen molar-refractivity contribution in [2.24, 2.45) is 0 Å². The number of rotatable bonds is 4. The minimum atomic E-state index is -0.243. The second-order valence-corrected chi connectivity index (χ2v) is 4.39. The summed E-state index contributed by atoms with van der Waals surface area (Å²) in [6.45, 7) is 6.63. The minimum absolute atomic E-state index is 0.237. The fourth-order valence-corrected chi connectivity index (χ4v) is 1.82. The van der Waals surface area contributed by atoms with E-state index in [4.69, 9.17) is 0 Å². The van der Waals surface area contributed by atoms with Crippen molar-refractivity contribution < 1.29 is 9.59 Å². The Hall–Kier alpha value is -2.10. The number of anilines is 1. The molecule has 0 aromatic heterocycles. The highest BCUT2D eigenvalue weighted by molar-refractivity contribution is 6.21. The van der Waals surface area contributed by atoms with Crippen molar-refractivity contribution in [2.75, 3.05) is 18.9 Å². The highest BCUT2D eigenvalue weighted by Crippen LogP contribution is 2.24. The highest BCUT2D eigenvalue weighted by Gasteiger charge is 2.32. The molecular formula is C14H16N2O2.